The number of aromatic nitrogens is 1. The van der Waals surface area contributed by atoms with Gasteiger partial charge in [0.1, 0.15) is 5.60 Å². The van der Waals surface area contributed by atoms with Crippen LogP contribution in [0.2, 0.25) is 0 Å². The molecule has 0 bridgehead atoms. The van der Waals surface area contributed by atoms with Gasteiger partial charge >= 0.3 is 5.97 Å². The molecule has 0 radical (unpaired) electrons. The number of piperidine rings is 1. The van der Waals surface area contributed by atoms with Crippen molar-refractivity contribution >= 4 is 11.9 Å². The molecule has 1 aromatic heterocycles. The molecule has 6 heteroatoms. The Hall–Kier alpha value is -1.98. The summed E-state index contributed by atoms with van der Waals surface area (Å²) in [7, 11) is 0. The highest BCUT2D eigenvalue weighted by Gasteiger charge is 2.34. The number of carbonyl (C=O) groups is 2. The molecule has 2 atom stereocenters. The van der Waals surface area contributed by atoms with Crippen LogP contribution in [0.15, 0.2) is 18.3 Å². The molecule has 5 nitrogen and oxygen atoms in total. The predicted octanol–water partition coefficient (Wildman–Crippen LogP) is 2.66. The molecule has 0 spiro atoms. The van der Waals surface area contributed by atoms with Gasteiger partial charge in [-0.25, -0.2) is 4.98 Å². The molecule has 1 saturated heterocycles. The van der Waals surface area contributed by atoms with E-state index in [0.29, 0.717) is 25.1 Å². The van der Waals surface area contributed by atoms with Gasteiger partial charge in [-0.1, -0.05) is 6.92 Å². The van der Waals surface area contributed by atoms with Gasteiger partial charge in [-0.3, -0.25) is 9.59 Å². The van der Waals surface area contributed by atoms with Crippen LogP contribution in [0.3, 0.4) is 0 Å². The second kappa shape index (κ2) is 6.64. The topological polar surface area (TPSA) is 59.5 Å². The minimum atomic E-state index is -0.625. The van der Waals surface area contributed by atoms with Gasteiger partial charge in [0, 0.05) is 19.3 Å². The van der Waals surface area contributed by atoms with Crippen molar-refractivity contribution in [3.05, 3.63) is 29.8 Å². The van der Waals surface area contributed by atoms with E-state index in [1.54, 1.807) is 4.90 Å². The van der Waals surface area contributed by atoms with E-state index in [1.165, 1.54) is 12.3 Å². The van der Waals surface area contributed by atoms with Crippen LogP contribution in [0.4, 0.5) is 4.39 Å². The van der Waals surface area contributed by atoms with Crippen molar-refractivity contribution < 1.29 is 18.7 Å². The Morgan fingerprint density at radius 1 is 1.30 bits per heavy atom. The molecule has 1 aliphatic rings. The third-order valence-corrected chi connectivity index (χ3v) is 3.66. The summed E-state index contributed by atoms with van der Waals surface area (Å²) in [4.78, 5) is 29.9. The van der Waals surface area contributed by atoms with Gasteiger partial charge < -0.3 is 9.64 Å². The van der Waals surface area contributed by atoms with E-state index < -0.39 is 11.5 Å². The van der Waals surface area contributed by atoms with Crippen molar-refractivity contribution in [2.45, 2.75) is 39.7 Å². The minimum Gasteiger partial charge on any atom is -0.460 e. The maximum Gasteiger partial charge on any atom is 0.311 e. The van der Waals surface area contributed by atoms with Gasteiger partial charge in [-0.2, -0.15) is 4.39 Å². The first kappa shape index (κ1) is 17.4. The van der Waals surface area contributed by atoms with Crippen LogP contribution in [0.1, 0.15) is 44.5 Å². The summed E-state index contributed by atoms with van der Waals surface area (Å²) in [5.74, 6) is -1.29. The molecule has 0 saturated carbocycles. The molecule has 126 valence electrons. The van der Waals surface area contributed by atoms with Crippen LogP contribution < -0.4 is 0 Å². The van der Waals surface area contributed by atoms with Crippen LogP contribution in [-0.4, -0.2) is 40.5 Å². The first-order chi connectivity index (χ1) is 10.7. The van der Waals surface area contributed by atoms with E-state index in [0.717, 1.165) is 6.07 Å². The van der Waals surface area contributed by atoms with Crippen LogP contribution in [0.5, 0.6) is 0 Å². The summed E-state index contributed by atoms with van der Waals surface area (Å²) in [6, 6.07) is 2.57. The monoisotopic (exact) mass is 322 g/mol. The van der Waals surface area contributed by atoms with Gasteiger partial charge in [0.05, 0.1) is 11.5 Å². The first-order valence-corrected chi connectivity index (χ1v) is 7.79. The Labute approximate surface area is 135 Å². The SMILES string of the molecule is C[C@H]1C[C@@H](C(=O)OC(C)(C)C)CN(C(=O)c2ccc(F)nc2)C1. The first-order valence-electron chi connectivity index (χ1n) is 7.79. The van der Waals surface area contributed by atoms with E-state index in [2.05, 4.69) is 4.98 Å². The highest BCUT2D eigenvalue weighted by molar-refractivity contribution is 5.94. The highest BCUT2D eigenvalue weighted by atomic mass is 19.1. The van der Waals surface area contributed by atoms with Crippen LogP contribution in [-0.2, 0) is 9.53 Å². The molecule has 2 heterocycles. The number of ether oxygens (including phenoxy) is 1. The number of hydrogen-bond acceptors (Lipinski definition) is 4. The Kier molecular flexibility index (Phi) is 5.02. The maximum atomic E-state index is 12.9. The van der Waals surface area contributed by atoms with Crippen molar-refractivity contribution in [2.24, 2.45) is 11.8 Å². The molecule has 2 rings (SSSR count). The number of carbonyl (C=O) groups excluding carboxylic acids is 2. The lowest BCUT2D eigenvalue weighted by molar-refractivity contribution is -0.162. The average molecular weight is 322 g/mol. The van der Waals surface area contributed by atoms with Crippen molar-refractivity contribution in [3.63, 3.8) is 0 Å². The number of pyridine rings is 1. The Balaban J connectivity index is 2.09. The molecule has 1 aromatic rings. The Morgan fingerprint density at radius 2 is 2.00 bits per heavy atom. The molecule has 0 aromatic carbocycles. The fraction of sp³-hybridized carbons (Fsp3) is 0.588. The van der Waals surface area contributed by atoms with Gasteiger partial charge in [0.2, 0.25) is 5.95 Å². The fourth-order valence-corrected chi connectivity index (χ4v) is 2.76. The van der Waals surface area contributed by atoms with Crippen LogP contribution in [0.25, 0.3) is 0 Å². The summed E-state index contributed by atoms with van der Waals surface area (Å²) in [6.07, 6.45) is 1.92. The zero-order chi connectivity index (χ0) is 17.2. The lowest BCUT2D eigenvalue weighted by Crippen LogP contribution is -2.46. The van der Waals surface area contributed by atoms with Crippen LogP contribution in [0, 0.1) is 17.8 Å². The lowest BCUT2D eigenvalue weighted by atomic mass is 9.90. The second-order valence-electron chi connectivity index (χ2n) is 7.15. The zero-order valence-corrected chi connectivity index (χ0v) is 14.0. The van der Waals surface area contributed by atoms with Crippen molar-refractivity contribution in [3.8, 4) is 0 Å². The number of nitrogens with zero attached hydrogens (tertiary/aromatic N) is 2. The summed E-state index contributed by atoms with van der Waals surface area (Å²) in [6.45, 7) is 8.35. The molecule has 1 fully saturated rings. The summed E-state index contributed by atoms with van der Waals surface area (Å²) in [5.41, 5.74) is -0.226. The number of likely N-dealkylation sites (tertiary alicyclic amines) is 1. The Morgan fingerprint density at radius 3 is 2.57 bits per heavy atom. The molecular weight excluding hydrogens is 299 g/mol. The number of amides is 1. The molecule has 1 amide bonds. The van der Waals surface area contributed by atoms with E-state index >= 15 is 0 Å². The van der Waals surface area contributed by atoms with E-state index in [4.69, 9.17) is 4.74 Å². The van der Waals surface area contributed by atoms with Crippen molar-refractivity contribution in [1.82, 2.24) is 9.88 Å². The average Bonchev–Trinajstić information content (AvgIpc) is 2.45. The smallest absolute Gasteiger partial charge is 0.311 e. The summed E-state index contributed by atoms with van der Waals surface area (Å²) >= 11 is 0. The number of halogens is 1. The third-order valence-electron chi connectivity index (χ3n) is 3.66. The number of hydrogen-bond donors (Lipinski definition) is 0. The van der Waals surface area contributed by atoms with Gasteiger partial charge in [0.15, 0.2) is 0 Å². The minimum absolute atomic E-state index is 0.193. The normalized spacial score (nSPS) is 21.9. The maximum absolute atomic E-state index is 12.9. The van der Waals surface area contributed by atoms with Gasteiger partial charge in [-0.05, 0) is 45.2 Å². The zero-order valence-electron chi connectivity index (χ0n) is 14.0. The molecule has 1 aliphatic heterocycles. The predicted molar refractivity (Wildman–Crippen MR) is 83.2 cm³/mol. The molecule has 0 aliphatic carbocycles. The molecule has 23 heavy (non-hydrogen) atoms. The molecule has 0 N–H and O–H groups in total. The van der Waals surface area contributed by atoms with E-state index in [9.17, 15) is 14.0 Å². The molecular formula is C17H23FN2O3. The molecule has 0 unspecified atom stereocenters. The highest BCUT2D eigenvalue weighted by Crippen LogP contribution is 2.25. The number of rotatable bonds is 2. The van der Waals surface area contributed by atoms with Gasteiger partial charge in [-0.15, -0.1) is 0 Å². The second-order valence-corrected chi connectivity index (χ2v) is 7.15. The largest absolute Gasteiger partial charge is 0.460 e. The Bertz CT molecular complexity index is 580. The lowest BCUT2D eigenvalue weighted by Gasteiger charge is -2.36. The quantitative estimate of drug-likeness (QED) is 0.620. The van der Waals surface area contributed by atoms with E-state index in [1.807, 2.05) is 27.7 Å². The standard InChI is InChI=1S/C17H23FN2O3/c1-11-7-13(16(22)23-17(2,3)4)10-20(9-11)15(21)12-5-6-14(18)19-8-12/h5-6,8,11,13H,7,9-10H2,1-4H3/t11-,13+/m0/s1. The van der Waals surface area contributed by atoms with Crippen molar-refractivity contribution in [1.29, 1.82) is 0 Å². The third kappa shape index (κ3) is 4.74. The van der Waals surface area contributed by atoms with E-state index in [-0.39, 0.29) is 23.7 Å². The van der Waals surface area contributed by atoms with Crippen molar-refractivity contribution in [2.75, 3.05) is 13.1 Å². The number of esters is 1. The summed E-state index contributed by atoms with van der Waals surface area (Å²) < 4.78 is 18.3. The fourth-order valence-electron chi connectivity index (χ4n) is 2.76. The summed E-state index contributed by atoms with van der Waals surface area (Å²) in [5, 5.41) is 0. The van der Waals surface area contributed by atoms with Gasteiger partial charge in [0.25, 0.3) is 5.91 Å². The van der Waals surface area contributed by atoms with Crippen LogP contribution >= 0.6 is 0 Å².